The van der Waals surface area contributed by atoms with Crippen LogP contribution in [0.15, 0.2) is 55.1 Å². The van der Waals surface area contributed by atoms with E-state index < -0.39 is 5.79 Å². The molecule has 0 radical (unpaired) electrons. The molecule has 1 N–H and O–H groups in total. The van der Waals surface area contributed by atoms with Crippen LogP contribution in [0.5, 0.6) is 5.75 Å². The molecule has 2 aromatic rings. The van der Waals surface area contributed by atoms with Gasteiger partial charge in [0.25, 0.3) is 0 Å². The van der Waals surface area contributed by atoms with E-state index in [1.54, 1.807) is 13.2 Å². The summed E-state index contributed by atoms with van der Waals surface area (Å²) in [5.74, 6) is -0.0274. The number of aliphatic hydroxyl groups excluding tert-OH is 1. The van der Waals surface area contributed by atoms with E-state index in [0.29, 0.717) is 18.1 Å². The second-order valence-corrected chi connectivity index (χ2v) is 7.41. The lowest BCUT2D eigenvalue weighted by atomic mass is 9.92. The van der Waals surface area contributed by atoms with Gasteiger partial charge in [0.2, 0.25) is 0 Å². The van der Waals surface area contributed by atoms with Crippen LogP contribution >= 0.6 is 11.6 Å². The van der Waals surface area contributed by atoms with Crippen molar-refractivity contribution in [2.24, 2.45) is 0 Å². The van der Waals surface area contributed by atoms with Crippen LogP contribution in [0.25, 0.3) is 0 Å². The fraction of sp³-hybridized carbons (Fsp3) is 0.391. The summed E-state index contributed by atoms with van der Waals surface area (Å²) in [6, 6.07) is 13.8. The summed E-state index contributed by atoms with van der Waals surface area (Å²) in [6.45, 7) is 4.13. The molecule has 0 amide bonds. The van der Waals surface area contributed by atoms with Crippen LogP contribution in [0.4, 0.5) is 0 Å². The van der Waals surface area contributed by atoms with Crippen molar-refractivity contribution in [1.82, 2.24) is 0 Å². The van der Waals surface area contributed by atoms with Gasteiger partial charge in [0.05, 0.1) is 12.7 Å². The van der Waals surface area contributed by atoms with Gasteiger partial charge in [-0.1, -0.05) is 42.5 Å². The van der Waals surface area contributed by atoms with E-state index in [-0.39, 0.29) is 12.7 Å². The summed E-state index contributed by atoms with van der Waals surface area (Å²) < 4.78 is 17.4. The Balaban J connectivity index is 1.82. The highest BCUT2D eigenvalue weighted by Gasteiger charge is 2.39. The van der Waals surface area contributed by atoms with Gasteiger partial charge in [0, 0.05) is 24.1 Å². The Morgan fingerprint density at radius 2 is 2.07 bits per heavy atom. The van der Waals surface area contributed by atoms with Crippen LogP contribution in [-0.4, -0.2) is 31.5 Å². The molecule has 5 heteroatoms. The number of hydrogen-bond donors (Lipinski definition) is 1. The van der Waals surface area contributed by atoms with Gasteiger partial charge < -0.3 is 19.3 Å². The van der Waals surface area contributed by atoms with Crippen molar-refractivity contribution in [3.05, 3.63) is 76.8 Å². The Hall–Kier alpha value is -1.85. The van der Waals surface area contributed by atoms with E-state index in [2.05, 4.69) is 6.58 Å². The molecule has 2 aromatic carbocycles. The lowest BCUT2D eigenvalue weighted by molar-refractivity contribution is -0.282. The third kappa shape index (κ3) is 4.76. The van der Waals surface area contributed by atoms with Crippen LogP contribution < -0.4 is 4.74 Å². The maximum atomic E-state index is 9.52. The Labute approximate surface area is 171 Å². The number of halogens is 1. The smallest absolute Gasteiger partial charge is 0.194 e. The zero-order valence-electron chi connectivity index (χ0n) is 16.2. The summed E-state index contributed by atoms with van der Waals surface area (Å²) in [4.78, 5) is 0. The molecule has 3 rings (SSSR count). The molecule has 28 heavy (non-hydrogen) atoms. The lowest BCUT2D eigenvalue weighted by Crippen LogP contribution is -2.41. The summed E-state index contributed by atoms with van der Waals surface area (Å²) in [7, 11) is 1.65. The molecule has 2 unspecified atom stereocenters. The average molecular weight is 403 g/mol. The van der Waals surface area contributed by atoms with Crippen LogP contribution in [0.2, 0.25) is 5.02 Å². The molecule has 0 aliphatic carbocycles. The number of rotatable bonds is 8. The minimum Gasteiger partial charge on any atom is -0.490 e. The number of aliphatic hydroxyl groups is 1. The maximum absolute atomic E-state index is 9.52. The molecule has 4 nitrogen and oxygen atoms in total. The van der Waals surface area contributed by atoms with Crippen LogP contribution in [-0.2, 0) is 21.7 Å². The highest BCUT2D eigenvalue weighted by molar-refractivity contribution is 6.31. The lowest BCUT2D eigenvalue weighted by Gasteiger charge is -2.40. The van der Waals surface area contributed by atoms with E-state index in [4.69, 9.17) is 25.8 Å². The highest BCUT2D eigenvalue weighted by Crippen LogP contribution is 2.39. The fourth-order valence-electron chi connectivity index (χ4n) is 3.58. The Morgan fingerprint density at radius 1 is 1.29 bits per heavy atom. The van der Waals surface area contributed by atoms with Crippen molar-refractivity contribution >= 4 is 11.6 Å². The van der Waals surface area contributed by atoms with Gasteiger partial charge in [0.1, 0.15) is 12.4 Å². The second kappa shape index (κ2) is 9.57. The first-order valence-corrected chi connectivity index (χ1v) is 9.93. The molecule has 0 bridgehead atoms. The predicted octanol–water partition coefficient (Wildman–Crippen LogP) is 4.86. The van der Waals surface area contributed by atoms with Gasteiger partial charge in [-0.15, -0.1) is 0 Å². The number of ether oxygens (including phenoxy) is 3. The van der Waals surface area contributed by atoms with Gasteiger partial charge >= 0.3 is 0 Å². The van der Waals surface area contributed by atoms with Gasteiger partial charge in [-0.2, -0.15) is 0 Å². The summed E-state index contributed by atoms with van der Waals surface area (Å²) in [6.07, 6.45) is 4.72. The van der Waals surface area contributed by atoms with Crippen LogP contribution in [0.1, 0.15) is 36.0 Å². The van der Waals surface area contributed by atoms with E-state index in [9.17, 15) is 5.11 Å². The van der Waals surface area contributed by atoms with Crippen molar-refractivity contribution in [2.45, 2.75) is 37.6 Å². The van der Waals surface area contributed by atoms with E-state index >= 15 is 0 Å². The van der Waals surface area contributed by atoms with Crippen molar-refractivity contribution in [2.75, 3.05) is 20.3 Å². The van der Waals surface area contributed by atoms with Crippen molar-refractivity contribution in [1.29, 1.82) is 0 Å². The maximum Gasteiger partial charge on any atom is 0.194 e. The van der Waals surface area contributed by atoms with Crippen LogP contribution in [0.3, 0.4) is 0 Å². The molecular weight excluding hydrogens is 376 g/mol. The quantitative estimate of drug-likeness (QED) is 0.641. The Bertz CT molecular complexity index is 790. The molecular formula is C23H27ClO4. The molecule has 1 fully saturated rings. The predicted molar refractivity (Wildman–Crippen MR) is 111 cm³/mol. The van der Waals surface area contributed by atoms with Gasteiger partial charge in [0.15, 0.2) is 5.79 Å². The molecule has 0 spiro atoms. The van der Waals surface area contributed by atoms with E-state index in [1.807, 2.05) is 42.5 Å². The SMILES string of the molecule is C=CCOc1ccc(Cc2cc(C3(OC)CCCC(CO)O3)ccc2Cl)cc1. The minimum absolute atomic E-state index is 0.00810. The molecule has 0 aromatic heterocycles. The van der Waals surface area contributed by atoms with Gasteiger partial charge in [-0.3, -0.25) is 0 Å². The summed E-state index contributed by atoms with van der Waals surface area (Å²) in [5, 5.41) is 10.2. The number of methoxy groups -OCH3 is 1. The fourth-order valence-corrected chi connectivity index (χ4v) is 3.77. The summed E-state index contributed by atoms with van der Waals surface area (Å²) in [5.41, 5.74) is 3.07. The van der Waals surface area contributed by atoms with Crippen molar-refractivity contribution in [3.8, 4) is 5.75 Å². The molecule has 1 aliphatic heterocycles. The molecule has 1 saturated heterocycles. The molecule has 150 valence electrons. The van der Waals surface area contributed by atoms with E-state index in [1.165, 1.54) is 0 Å². The third-order valence-electron chi connectivity index (χ3n) is 5.09. The Kier molecular flexibility index (Phi) is 7.13. The average Bonchev–Trinajstić information content (AvgIpc) is 2.74. The van der Waals surface area contributed by atoms with E-state index in [0.717, 1.165) is 41.7 Å². The monoisotopic (exact) mass is 402 g/mol. The summed E-state index contributed by atoms with van der Waals surface area (Å²) >= 11 is 6.47. The standard InChI is InChI=1S/C23H27ClO4/c1-3-13-27-20-9-6-17(7-10-20)14-18-15-19(8-11-22(18)24)23(26-2)12-4-5-21(16-25)28-23/h3,6-11,15,21,25H,1,4-5,12-14,16H2,2H3. The third-order valence-corrected chi connectivity index (χ3v) is 5.46. The molecule has 2 atom stereocenters. The molecule has 1 aliphatic rings. The normalized spacial score (nSPS) is 22.0. The highest BCUT2D eigenvalue weighted by atomic mass is 35.5. The first kappa shape index (κ1) is 20.9. The zero-order valence-corrected chi connectivity index (χ0v) is 17.0. The first-order chi connectivity index (χ1) is 13.6. The number of hydrogen-bond acceptors (Lipinski definition) is 4. The number of benzene rings is 2. The largest absolute Gasteiger partial charge is 0.490 e. The van der Waals surface area contributed by atoms with Gasteiger partial charge in [-0.05, 0) is 54.7 Å². The topological polar surface area (TPSA) is 47.9 Å². The second-order valence-electron chi connectivity index (χ2n) is 7.00. The Morgan fingerprint density at radius 3 is 2.75 bits per heavy atom. The molecule has 1 heterocycles. The van der Waals surface area contributed by atoms with Crippen molar-refractivity contribution in [3.63, 3.8) is 0 Å². The van der Waals surface area contributed by atoms with Gasteiger partial charge in [-0.25, -0.2) is 0 Å². The minimum atomic E-state index is -0.840. The van der Waals surface area contributed by atoms with Crippen molar-refractivity contribution < 1.29 is 19.3 Å². The van der Waals surface area contributed by atoms with Crippen LogP contribution in [0, 0.1) is 0 Å². The zero-order chi connectivity index (χ0) is 20.0. The molecule has 0 saturated carbocycles. The first-order valence-electron chi connectivity index (χ1n) is 9.55.